The quantitative estimate of drug-likeness (QED) is 0.324. The van der Waals surface area contributed by atoms with Crippen molar-refractivity contribution in [3.8, 4) is 0 Å². The number of rotatable bonds is 11. The summed E-state index contributed by atoms with van der Waals surface area (Å²) in [5.41, 5.74) is 1.41. The third-order valence-corrected chi connectivity index (χ3v) is 5.74. The predicted molar refractivity (Wildman–Crippen MR) is 122 cm³/mol. The van der Waals surface area contributed by atoms with Gasteiger partial charge < -0.3 is 25.0 Å². The summed E-state index contributed by atoms with van der Waals surface area (Å²) in [7, 11) is 1.83. The average molecular weight is 418 g/mol. The van der Waals surface area contributed by atoms with Crippen LogP contribution in [0.1, 0.15) is 24.8 Å². The van der Waals surface area contributed by atoms with Gasteiger partial charge in [0, 0.05) is 66.1 Å². The SMILES string of the molecule is CN=C(NCCCOC1CCOC1)NCCCN1CCN(Cc2ccccc2)CC1. The van der Waals surface area contributed by atoms with Crippen molar-refractivity contribution in [1.29, 1.82) is 0 Å². The molecule has 0 amide bonds. The van der Waals surface area contributed by atoms with Crippen LogP contribution in [-0.2, 0) is 16.0 Å². The summed E-state index contributed by atoms with van der Waals surface area (Å²) in [5.74, 6) is 0.881. The Labute approximate surface area is 181 Å². The molecule has 30 heavy (non-hydrogen) atoms. The zero-order valence-electron chi connectivity index (χ0n) is 18.5. The number of aliphatic imine (C=N–C) groups is 1. The Balaban J connectivity index is 1.18. The number of guanidine groups is 1. The summed E-state index contributed by atoms with van der Waals surface area (Å²) in [5, 5.41) is 6.79. The zero-order chi connectivity index (χ0) is 20.9. The molecule has 2 heterocycles. The number of nitrogens with one attached hydrogen (secondary N) is 2. The summed E-state index contributed by atoms with van der Waals surface area (Å²) < 4.78 is 11.1. The topological polar surface area (TPSA) is 61.4 Å². The van der Waals surface area contributed by atoms with Crippen molar-refractivity contribution in [3.05, 3.63) is 35.9 Å². The van der Waals surface area contributed by atoms with Crippen molar-refractivity contribution in [2.45, 2.75) is 31.9 Å². The Morgan fingerprint density at radius 2 is 1.80 bits per heavy atom. The lowest BCUT2D eigenvalue weighted by Crippen LogP contribution is -2.46. The predicted octanol–water partition coefficient (Wildman–Crippen LogP) is 1.55. The first-order valence-electron chi connectivity index (χ1n) is 11.5. The van der Waals surface area contributed by atoms with Crippen molar-refractivity contribution in [2.75, 3.05) is 72.7 Å². The van der Waals surface area contributed by atoms with Crippen molar-refractivity contribution >= 4 is 5.96 Å². The van der Waals surface area contributed by atoms with Crippen LogP contribution in [0.5, 0.6) is 0 Å². The molecule has 0 aliphatic carbocycles. The summed E-state index contributed by atoms with van der Waals surface area (Å²) in [6, 6.07) is 10.8. The normalized spacial score (nSPS) is 21.1. The molecule has 0 spiro atoms. The van der Waals surface area contributed by atoms with Crippen LogP contribution >= 0.6 is 0 Å². The van der Waals surface area contributed by atoms with Crippen molar-refractivity contribution in [1.82, 2.24) is 20.4 Å². The number of nitrogens with zero attached hydrogens (tertiary/aromatic N) is 3. The Morgan fingerprint density at radius 1 is 1.07 bits per heavy atom. The van der Waals surface area contributed by atoms with Crippen molar-refractivity contribution in [3.63, 3.8) is 0 Å². The largest absolute Gasteiger partial charge is 0.379 e. The molecule has 168 valence electrons. The summed E-state index contributed by atoms with van der Waals surface area (Å²) in [6.07, 6.45) is 3.43. The number of hydrogen-bond acceptors (Lipinski definition) is 5. The number of ether oxygens (including phenoxy) is 2. The van der Waals surface area contributed by atoms with E-state index in [9.17, 15) is 0 Å². The van der Waals surface area contributed by atoms with Gasteiger partial charge in [0.05, 0.1) is 12.7 Å². The Hall–Kier alpha value is -1.67. The van der Waals surface area contributed by atoms with E-state index in [1.165, 1.54) is 5.56 Å². The van der Waals surface area contributed by atoms with Gasteiger partial charge in [0.1, 0.15) is 0 Å². The first-order chi connectivity index (χ1) is 14.8. The average Bonchev–Trinajstić information content (AvgIpc) is 3.30. The van der Waals surface area contributed by atoms with Gasteiger partial charge in [0.25, 0.3) is 0 Å². The molecule has 3 rings (SSSR count). The van der Waals surface area contributed by atoms with Gasteiger partial charge in [0.15, 0.2) is 5.96 Å². The lowest BCUT2D eigenvalue weighted by atomic mass is 10.2. The van der Waals surface area contributed by atoms with Crippen molar-refractivity contribution < 1.29 is 9.47 Å². The minimum Gasteiger partial charge on any atom is -0.379 e. The van der Waals surface area contributed by atoms with E-state index in [1.54, 1.807) is 0 Å². The third-order valence-electron chi connectivity index (χ3n) is 5.74. The van der Waals surface area contributed by atoms with Crippen LogP contribution < -0.4 is 10.6 Å². The van der Waals surface area contributed by atoms with Gasteiger partial charge in [-0.15, -0.1) is 0 Å². The van der Waals surface area contributed by atoms with Crippen LogP contribution in [0.25, 0.3) is 0 Å². The van der Waals surface area contributed by atoms with E-state index in [2.05, 4.69) is 55.8 Å². The monoisotopic (exact) mass is 417 g/mol. The summed E-state index contributed by atoms with van der Waals surface area (Å²) >= 11 is 0. The van der Waals surface area contributed by atoms with Crippen LogP contribution in [0, 0.1) is 0 Å². The van der Waals surface area contributed by atoms with E-state index < -0.39 is 0 Å². The number of benzene rings is 1. The first kappa shape index (κ1) is 23.0. The van der Waals surface area contributed by atoms with Gasteiger partial charge in [-0.1, -0.05) is 30.3 Å². The first-order valence-corrected chi connectivity index (χ1v) is 11.5. The van der Waals surface area contributed by atoms with Crippen LogP contribution in [0.15, 0.2) is 35.3 Å². The summed E-state index contributed by atoms with van der Waals surface area (Å²) in [6.45, 7) is 11.0. The molecule has 1 atom stereocenters. The molecule has 7 heteroatoms. The molecule has 2 saturated heterocycles. The molecule has 0 saturated carbocycles. The molecule has 1 aromatic rings. The van der Waals surface area contributed by atoms with Gasteiger partial charge in [-0.2, -0.15) is 0 Å². The Morgan fingerprint density at radius 3 is 2.50 bits per heavy atom. The molecule has 2 N–H and O–H groups in total. The maximum Gasteiger partial charge on any atom is 0.190 e. The second kappa shape index (κ2) is 13.6. The minimum atomic E-state index is 0.294. The third kappa shape index (κ3) is 8.60. The molecule has 7 nitrogen and oxygen atoms in total. The molecule has 2 aliphatic heterocycles. The van der Waals surface area contributed by atoms with E-state index in [4.69, 9.17) is 9.47 Å². The molecule has 1 unspecified atom stereocenters. The Kier molecular flexibility index (Phi) is 10.4. The van der Waals surface area contributed by atoms with Crippen LogP contribution in [0.3, 0.4) is 0 Å². The molecule has 0 radical (unpaired) electrons. The van der Waals surface area contributed by atoms with Crippen LogP contribution in [-0.4, -0.2) is 94.5 Å². The molecular formula is C23H39N5O2. The highest BCUT2D eigenvalue weighted by Gasteiger charge is 2.17. The maximum atomic E-state index is 5.79. The molecule has 0 aromatic heterocycles. The fourth-order valence-electron chi connectivity index (χ4n) is 3.92. The second-order valence-corrected chi connectivity index (χ2v) is 8.09. The van der Waals surface area contributed by atoms with Gasteiger partial charge in [-0.3, -0.25) is 9.89 Å². The minimum absolute atomic E-state index is 0.294. The number of hydrogen-bond donors (Lipinski definition) is 2. The fourth-order valence-corrected chi connectivity index (χ4v) is 3.92. The highest BCUT2D eigenvalue weighted by Crippen LogP contribution is 2.09. The van der Waals surface area contributed by atoms with Gasteiger partial charge >= 0.3 is 0 Å². The molecule has 2 fully saturated rings. The molecule has 2 aliphatic rings. The molecule has 0 bridgehead atoms. The lowest BCUT2D eigenvalue weighted by Gasteiger charge is -2.34. The van der Waals surface area contributed by atoms with Crippen LogP contribution in [0.4, 0.5) is 0 Å². The fraction of sp³-hybridized carbons (Fsp3) is 0.696. The van der Waals surface area contributed by atoms with Crippen molar-refractivity contribution in [2.24, 2.45) is 4.99 Å². The summed E-state index contributed by atoms with van der Waals surface area (Å²) in [4.78, 5) is 9.44. The van der Waals surface area contributed by atoms with Crippen LogP contribution in [0.2, 0.25) is 0 Å². The number of piperazine rings is 1. The Bertz CT molecular complexity index is 599. The highest BCUT2D eigenvalue weighted by atomic mass is 16.5. The smallest absolute Gasteiger partial charge is 0.190 e. The zero-order valence-corrected chi connectivity index (χ0v) is 18.5. The van der Waals surface area contributed by atoms with E-state index in [0.717, 1.165) is 97.4 Å². The standard InChI is InChI=1S/C23H39N5O2/c1-24-23(26-11-6-17-30-22-9-18-29-20-22)25-10-5-12-27-13-15-28(16-14-27)19-21-7-3-2-4-8-21/h2-4,7-8,22H,5-6,9-20H2,1H3,(H2,24,25,26). The van der Waals surface area contributed by atoms with Gasteiger partial charge in [-0.25, -0.2) is 0 Å². The second-order valence-electron chi connectivity index (χ2n) is 8.09. The van der Waals surface area contributed by atoms with E-state index in [1.807, 2.05) is 7.05 Å². The lowest BCUT2D eigenvalue weighted by molar-refractivity contribution is 0.0420. The maximum absolute atomic E-state index is 5.79. The van der Waals surface area contributed by atoms with E-state index in [-0.39, 0.29) is 0 Å². The van der Waals surface area contributed by atoms with E-state index >= 15 is 0 Å². The molecular weight excluding hydrogens is 378 g/mol. The van der Waals surface area contributed by atoms with E-state index in [0.29, 0.717) is 6.10 Å². The van der Waals surface area contributed by atoms with Gasteiger partial charge in [-0.05, 0) is 31.4 Å². The highest BCUT2D eigenvalue weighted by molar-refractivity contribution is 5.79. The molecule has 1 aromatic carbocycles. The van der Waals surface area contributed by atoms with Gasteiger partial charge in [0.2, 0.25) is 0 Å².